The van der Waals surface area contributed by atoms with Gasteiger partial charge in [0.15, 0.2) is 5.82 Å². The number of aromatic nitrogens is 1. The number of nitrogens with zero attached hydrogens (tertiary/aromatic N) is 3. The molecule has 0 saturated heterocycles. The van der Waals surface area contributed by atoms with Crippen molar-refractivity contribution in [1.82, 2.24) is 4.98 Å². The van der Waals surface area contributed by atoms with Crippen molar-refractivity contribution in [1.29, 1.82) is 0 Å². The van der Waals surface area contributed by atoms with Crippen LogP contribution in [0.25, 0.3) is 0 Å². The third kappa shape index (κ3) is 2.92. The Morgan fingerprint density at radius 3 is 2.52 bits per heavy atom. The van der Waals surface area contributed by atoms with Crippen molar-refractivity contribution in [3.05, 3.63) is 84.1 Å². The number of para-hydroxylation sites is 1. The van der Waals surface area contributed by atoms with Gasteiger partial charge in [-0.05, 0) is 31.2 Å². The predicted octanol–water partition coefficient (Wildman–Crippen LogP) is 4.05. The molecule has 2 aromatic carbocycles. The molecule has 0 radical (unpaired) electrons. The molecular weight excluding hydrogens is 308 g/mol. The molecule has 0 spiro atoms. The summed E-state index contributed by atoms with van der Waals surface area (Å²) < 4.78 is 0. The molecule has 0 fully saturated rings. The molecule has 124 valence electrons. The Balaban J connectivity index is 1.96. The van der Waals surface area contributed by atoms with E-state index in [4.69, 9.17) is 10.7 Å². The Kier molecular flexibility index (Phi) is 4.27. The lowest BCUT2D eigenvalue weighted by Crippen LogP contribution is -2.23. The van der Waals surface area contributed by atoms with E-state index in [2.05, 4.69) is 46.3 Å². The number of pyridine rings is 1. The Morgan fingerprint density at radius 2 is 1.68 bits per heavy atom. The zero-order valence-electron chi connectivity index (χ0n) is 14.0. The molecule has 0 saturated carbocycles. The number of fused-ring (bicyclic) bond motifs is 2. The first-order chi connectivity index (χ1) is 12.4. The predicted molar refractivity (Wildman–Crippen MR) is 103 cm³/mol. The molecule has 4 rings (SSSR count). The summed E-state index contributed by atoms with van der Waals surface area (Å²) in [4.78, 5) is 11.8. The number of benzene rings is 2. The summed E-state index contributed by atoms with van der Waals surface area (Å²) in [6.45, 7) is 1.46. The molecule has 0 aliphatic carbocycles. The van der Waals surface area contributed by atoms with E-state index < -0.39 is 0 Å². The highest BCUT2D eigenvalue weighted by Gasteiger charge is 2.23. The van der Waals surface area contributed by atoms with Crippen molar-refractivity contribution in [3.63, 3.8) is 0 Å². The molecule has 0 amide bonds. The van der Waals surface area contributed by atoms with Gasteiger partial charge < -0.3 is 10.6 Å². The Bertz CT molecular complexity index is 903. The molecule has 4 nitrogen and oxygen atoms in total. The van der Waals surface area contributed by atoms with E-state index in [0.29, 0.717) is 6.54 Å². The zero-order valence-corrected chi connectivity index (χ0v) is 14.0. The van der Waals surface area contributed by atoms with Crippen LogP contribution in [-0.2, 0) is 0 Å². The van der Waals surface area contributed by atoms with E-state index >= 15 is 0 Å². The first-order valence-corrected chi connectivity index (χ1v) is 8.54. The minimum atomic E-state index is 0.646. The molecule has 0 bridgehead atoms. The fourth-order valence-electron chi connectivity index (χ4n) is 3.18. The lowest BCUT2D eigenvalue weighted by molar-refractivity contribution is 0.811. The van der Waals surface area contributed by atoms with E-state index in [0.717, 1.165) is 47.0 Å². The Labute approximate surface area is 147 Å². The highest BCUT2D eigenvalue weighted by atomic mass is 15.2. The molecule has 25 heavy (non-hydrogen) atoms. The van der Waals surface area contributed by atoms with Gasteiger partial charge in [-0.25, -0.2) is 9.98 Å². The molecule has 2 N–H and O–H groups in total. The van der Waals surface area contributed by atoms with Crippen LogP contribution in [0, 0.1) is 0 Å². The van der Waals surface area contributed by atoms with Crippen LogP contribution in [0.3, 0.4) is 0 Å². The summed E-state index contributed by atoms with van der Waals surface area (Å²) >= 11 is 0. The number of hydrogen-bond donors (Lipinski definition) is 1. The standard InChI is InChI=1S/C21H20N4/c22-13-7-15-25-19-12-5-4-10-17(19)20(16-8-2-1-3-9-16)24-18-11-6-14-23-21(18)25/h1-6,8-12,14H,7,13,15,22H2. The van der Waals surface area contributed by atoms with Crippen LogP contribution in [0.1, 0.15) is 17.5 Å². The van der Waals surface area contributed by atoms with Crippen molar-refractivity contribution < 1.29 is 0 Å². The summed E-state index contributed by atoms with van der Waals surface area (Å²) in [7, 11) is 0. The smallest absolute Gasteiger partial charge is 0.159 e. The maximum Gasteiger partial charge on any atom is 0.159 e. The highest BCUT2D eigenvalue weighted by molar-refractivity contribution is 6.18. The summed E-state index contributed by atoms with van der Waals surface area (Å²) in [6.07, 6.45) is 2.71. The summed E-state index contributed by atoms with van der Waals surface area (Å²) in [5, 5.41) is 0. The van der Waals surface area contributed by atoms with Crippen LogP contribution < -0.4 is 10.6 Å². The maximum atomic E-state index is 5.77. The molecule has 0 atom stereocenters. The maximum absolute atomic E-state index is 5.77. The lowest BCUT2D eigenvalue weighted by atomic mass is 10.00. The van der Waals surface area contributed by atoms with Crippen LogP contribution in [0.4, 0.5) is 17.2 Å². The number of rotatable bonds is 4. The highest BCUT2D eigenvalue weighted by Crippen LogP contribution is 2.38. The molecule has 1 aromatic heterocycles. The quantitative estimate of drug-likeness (QED) is 0.786. The fraction of sp³-hybridized carbons (Fsp3) is 0.143. The fourth-order valence-corrected chi connectivity index (χ4v) is 3.18. The normalized spacial score (nSPS) is 12.8. The van der Waals surface area contributed by atoms with Gasteiger partial charge >= 0.3 is 0 Å². The van der Waals surface area contributed by atoms with Gasteiger partial charge in [-0.2, -0.15) is 0 Å². The monoisotopic (exact) mass is 328 g/mol. The van der Waals surface area contributed by atoms with Crippen LogP contribution in [0.2, 0.25) is 0 Å². The number of anilines is 2. The van der Waals surface area contributed by atoms with Gasteiger partial charge in [0, 0.05) is 23.9 Å². The number of nitrogens with two attached hydrogens (primary N) is 1. The number of aliphatic imine (C=N–C) groups is 1. The van der Waals surface area contributed by atoms with Gasteiger partial charge in [-0.1, -0.05) is 48.5 Å². The third-order valence-corrected chi connectivity index (χ3v) is 4.34. The molecular formula is C21H20N4. The van der Waals surface area contributed by atoms with E-state index in [1.165, 1.54) is 0 Å². The lowest BCUT2D eigenvalue weighted by Gasteiger charge is -2.25. The van der Waals surface area contributed by atoms with Crippen molar-refractivity contribution in [2.45, 2.75) is 6.42 Å². The van der Waals surface area contributed by atoms with E-state index in [1.807, 2.05) is 36.5 Å². The average Bonchev–Trinajstić information content (AvgIpc) is 2.82. The molecule has 4 heteroatoms. The first kappa shape index (κ1) is 15.5. The van der Waals surface area contributed by atoms with Gasteiger partial charge in [0.25, 0.3) is 0 Å². The van der Waals surface area contributed by atoms with Gasteiger partial charge in [0.2, 0.25) is 0 Å². The van der Waals surface area contributed by atoms with Crippen molar-refractivity contribution in [3.8, 4) is 0 Å². The molecule has 1 aliphatic heterocycles. The van der Waals surface area contributed by atoms with Crippen LogP contribution >= 0.6 is 0 Å². The Morgan fingerprint density at radius 1 is 0.880 bits per heavy atom. The molecule has 0 unspecified atom stereocenters. The van der Waals surface area contributed by atoms with Crippen molar-refractivity contribution >= 4 is 22.9 Å². The van der Waals surface area contributed by atoms with Gasteiger partial charge in [-0.3, -0.25) is 0 Å². The summed E-state index contributed by atoms with van der Waals surface area (Å²) in [5.41, 5.74) is 11.0. The van der Waals surface area contributed by atoms with Crippen LogP contribution in [0.5, 0.6) is 0 Å². The first-order valence-electron chi connectivity index (χ1n) is 8.54. The number of hydrogen-bond acceptors (Lipinski definition) is 4. The average molecular weight is 328 g/mol. The SMILES string of the molecule is NCCCN1c2ccccc2C(c2ccccc2)=Nc2cccnc21. The molecule has 1 aliphatic rings. The van der Waals surface area contributed by atoms with E-state index in [-0.39, 0.29) is 0 Å². The van der Waals surface area contributed by atoms with E-state index in [9.17, 15) is 0 Å². The minimum absolute atomic E-state index is 0.646. The van der Waals surface area contributed by atoms with Crippen molar-refractivity contribution in [2.75, 3.05) is 18.0 Å². The zero-order chi connectivity index (χ0) is 17.1. The minimum Gasteiger partial charge on any atom is -0.330 e. The second-order valence-corrected chi connectivity index (χ2v) is 5.98. The Hall–Kier alpha value is -2.98. The summed E-state index contributed by atoms with van der Waals surface area (Å²) in [6, 6.07) is 22.6. The summed E-state index contributed by atoms with van der Waals surface area (Å²) in [5.74, 6) is 0.884. The van der Waals surface area contributed by atoms with E-state index in [1.54, 1.807) is 0 Å². The molecule has 3 aromatic rings. The van der Waals surface area contributed by atoms with Crippen LogP contribution in [-0.4, -0.2) is 23.8 Å². The van der Waals surface area contributed by atoms with Crippen LogP contribution in [0.15, 0.2) is 77.9 Å². The second-order valence-electron chi connectivity index (χ2n) is 5.98. The van der Waals surface area contributed by atoms with Gasteiger partial charge in [0.1, 0.15) is 5.69 Å². The third-order valence-electron chi connectivity index (χ3n) is 4.34. The second kappa shape index (κ2) is 6.87. The largest absolute Gasteiger partial charge is 0.330 e. The van der Waals surface area contributed by atoms with Gasteiger partial charge in [0.05, 0.1) is 11.4 Å². The topological polar surface area (TPSA) is 54.5 Å². The van der Waals surface area contributed by atoms with Gasteiger partial charge in [-0.15, -0.1) is 0 Å². The molecule has 2 heterocycles. The van der Waals surface area contributed by atoms with Crippen molar-refractivity contribution in [2.24, 2.45) is 10.7 Å².